The summed E-state index contributed by atoms with van der Waals surface area (Å²) in [7, 11) is 0. The summed E-state index contributed by atoms with van der Waals surface area (Å²) in [6.07, 6.45) is 6.80. The second kappa shape index (κ2) is 5.48. The van der Waals surface area contributed by atoms with Crippen LogP contribution in [0.4, 0.5) is 10.2 Å². The van der Waals surface area contributed by atoms with Crippen molar-refractivity contribution >= 4 is 23.0 Å². The molecule has 0 aromatic carbocycles. The molecule has 1 aliphatic heterocycles. The van der Waals surface area contributed by atoms with Crippen molar-refractivity contribution in [1.29, 1.82) is 0 Å². The predicted octanol–water partition coefficient (Wildman–Crippen LogP) is 3.64. The number of nitrogens with one attached hydrogen (secondary N) is 1. The summed E-state index contributed by atoms with van der Waals surface area (Å²) in [6.45, 7) is 0. The van der Waals surface area contributed by atoms with E-state index in [2.05, 4.69) is 20.3 Å². The number of nitrogens with zero attached hydrogens (tertiary/aromatic N) is 3. The van der Waals surface area contributed by atoms with Gasteiger partial charge in [0.25, 0.3) is 0 Å². The first-order chi connectivity index (χ1) is 11.2. The van der Waals surface area contributed by atoms with Gasteiger partial charge in [0.05, 0.1) is 16.9 Å². The molecule has 0 saturated carbocycles. The maximum absolute atomic E-state index is 14.3. The van der Waals surface area contributed by atoms with E-state index < -0.39 is 0 Å². The number of rotatable bonds is 2. The van der Waals surface area contributed by atoms with Crippen LogP contribution in [0.5, 0.6) is 0 Å². The van der Waals surface area contributed by atoms with Gasteiger partial charge < -0.3 is 5.32 Å². The highest BCUT2D eigenvalue weighted by atomic mass is 32.1. The van der Waals surface area contributed by atoms with Crippen LogP contribution in [0, 0.1) is 5.82 Å². The molecule has 0 saturated heterocycles. The fourth-order valence-electron chi connectivity index (χ4n) is 2.67. The number of hydrogen-bond donors (Lipinski definition) is 1. The molecule has 4 heterocycles. The number of fused-ring (bicyclic) bond motifs is 1. The van der Waals surface area contributed by atoms with Gasteiger partial charge in [-0.2, -0.15) is 0 Å². The molecule has 0 aliphatic carbocycles. The van der Waals surface area contributed by atoms with Gasteiger partial charge in [-0.05, 0) is 24.3 Å². The van der Waals surface area contributed by atoms with E-state index in [0.29, 0.717) is 23.2 Å². The Kier molecular flexibility index (Phi) is 3.31. The zero-order valence-corrected chi connectivity index (χ0v) is 12.8. The fraction of sp³-hybridized carbons (Fsp3) is 0.0588. The van der Waals surface area contributed by atoms with Crippen LogP contribution in [0.3, 0.4) is 0 Å². The minimum atomic E-state index is -0.382. The fourth-order valence-corrected chi connectivity index (χ4v) is 2.92. The van der Waals surface area contributed by atoms with E-state index in [-0.39, 0.29) is 5.82 Å². The quantitative estimate of drug-likeness (QED) is 0.730. The van der Waals surface area contributed by atoms with Gasteiger partial charge in [-0.25, -0.2) is 9.37 Å². The molecule has 3 aromatic heterocycles. The average Bonchev–Trinajstić information content (AvgIpc) is 2.94. The average molecular weight is 322 g/mol. The van der Waals surface area contributed by atoms with Crippen LogP contribution in [0.1, 0.15) is 5.56 Å². The summed E-state index contributed by atoms with van der Waals surface area (Å²) in [5, 5.41) is 3.09. The molecule has 6 heteroatoms. The van der Waals surface area contributed by atoms with Crippen LogP contribution >= 0.6 is 12.2 Å². The molecule has 0 atom stereocenters. The van der Waals surface area contributed by atoms with Crippen molar-refractivity contribution in [2.24, 2.45) is 0 Å². The summed E-state index contributed by atoms with van der Waals surface area (Å²) in [6, 6.07) is 7.32. The molecule has 0 fully saturated rings. The largest absolute Gasteiger partial charge is 0.334 e. The Morgan fingerprint density at radius 3 is 2.74 bits per heavy atom. The highest BCUT2D eigenvalue weighted by molar-refractivity contribution is 7.80. The zero-order valence-electron chi connectivity index (χ0n) is 12.0. The number of pyridine rings is 3. The van der Waals surface area contributed by atoms with Gasteiger partial charge in [-0.3, -0.25) is 9.97 Å². The van der Waals surface area contributed by atoms with Crippen molar-refractivity contribution in [3.63, 3.8) is 0 Å². The van der Waals surface area contributed by atoms with E-state index in [1.54, 1.807) is 24.7 Å². The number of hydrogen-bond acceptors (Lipinski definition) is 4. The van der Waals surface area contributed by atoms with Crippen LogP contribution in [0.15, 0.2) is 49.1 Å². The molecule has 1 aliphatic rings. The maximum Gasteiger partial charge on any atom is 0.149 e. The van der Waals surface area contributed by atoms with Gasteiger partial charge >= 0.3 is 0 Å². The lowest BCUT2D eigenvalue weighted by atomic mass is 9.98. The summed E-state index contributed by atoms with van der Waals surface area (Å²) < 4.78 is 14.3. The Hall–Kier alpha value is -2.73. The molecule has 0 bridgehead atoms. The number of halogens is 1. The molecular weight excluding hydrogens is 311 g/mol. The van der Waals surface area contributed by atoms with Gasteiger partial charge in [-0.1, -0.05) is 12.2 Å². The molecular formula is C17H11FN4S. The molecule has 4 nitrogen and oxygen atoms in total. The molecule has 23 heavy (non-hydrogen) atoms. The molecule has 112 valence electrons. The first-order valence-electron chi connectivity index (χ1n) is 7.06. The van der Waals surface area contributed by atoms with Crippen molar-refractivity contribution in [3.8, 4) is 22.4 Å². The number of aromatic nitrogens is 3. The third kappa shape index (κ3) is 2.47. The number of thiocarbonyl (C=S) groups is 1. The van der Waals surface area contributed by atoms with Gasteiger partial charge in [-0.15, -0.1) is 0 Å². The third-order valence-electron chi connectivity index (χ3n) is 3.71. The van der Waals surface area contributed by atoms with Crippen LogP contribution < -0.4 is 5.32 Å². The standard InChI is InChI=1S/C17H11FN4S/c18-14-9-20-5-3-12(14)13-6-11-7-15(23)21-17(11)22-16(13)10-2-1-4-19-8-10/h1-6,8-9H,7H2,(H,21,22,23). The predicted molar refractivity (Wildman–Crippen MR) is 90.6 cm³/mol. The lowest BCUT2D eigenvalue weighted by Crippen LogP contribution is -2.02. The highest BCUT2D eigenvalue weighted by Crippen LogP contribution is 2.36. The zero-order chi connectivity index (χ0) is 15.8. The minimum Gasteiger partial charge on any atom is -0.334 e. The van der Waals surface area contributed by atoms with Gasteiger partial charge in [0, 0.05) is 47.3 Å². The van der Waals surface area contributed by atoms with Crippen LogP contribution in [-0.2, 0) is 6.42 Å². The monoisotopic (exact) mass is 322 g/mol. The Labute approximate surface area is 137 Å². The summed E-state index contributed by atoms with van der Waals surface area (Å²) in [5.41, 5.74) is 3.63. The summed E-state index contributed by atoms with van der Waals surface area (Å²) in [4.78, 5) is 13.3. The number of anilines is 1. The van der Waals surface area contributed by atoms with E-state index in [4.69, 9.17) is 12.2 Å². The Morgan fingerprint density at radius 1 is 1.09 bits per heavy atom. The first-order valence-corrected chi connectivity index (χ1v) is 7.47. The molecule has 0 unspecified atom stereocenters. The molecule has 0 spiro atoms. The third-order valence-corrected chi connectivity index (χ3v) is 3.95. The molecule has 0 amide bonds. The van der Waals surface area contributed by atoms with Crippen molar-refractivity contribution in [3.05, 3.63) is 60.4 Å². The maximum atomic E-state index is 14.3. The van der Waals surface area contributed by atoms with Crippen molar-refractivity contribution in [2.45, 2.75) is 6.42 Å². The van der Waals surface area contributed by atoms with E-state index >= 15 is 0 Å². The Bertz CT molecular complexity index is 912. The Morgan fingerprint density at radius 2 is 1.96 bits per heavy atom. The molecule has 1 N–H and O–H groups in total. The second-order valence-corrected chi connectivity index (χ2v) is 5.71. The van der Waals surface area contributed by atoms with Crippen LogP contribution in [-0.4, -0.2) is 19.9 Å². The van der Waals surface area contributed by atoms with Crippen molar-refractivity contribution < 1.29 is 4.39 Å². The molecule has 3 aromatic rings. The normalized spacial score (nSPS) is 12.8. The Balaban J connectivity index is 1.99. The topological polar surface area (TPSA) is 50.7 Å². The van der Waals surface area contributed by atoms with E-state index in [1.807, 2.05) is 18.2 Å². The molecule has 4 rings (SSSR count). The van der Waals surface area contributed by atoms with Gasteiger partial charge in [0.15, 0.2) is 0 Å². The molecule has 0 radical (unpaired) electrons. The highest BCUT2D eigenvalue weighted by Gasteiger charge is 2.22. The van der Waals surface area contributed by atoms with E-state index in [1.165, 1.54) is 6.20 Å². The second-order valence-electron chi connectivity index (χ2n) is 5.21. The van der Waals surface area contributed by atoms with Gasteiger partial charge in [0.2, 0.25) is 0 Å². The SMILES string of the molecule is Fc1cnccc1-c1cc2c(nc1-c1cccnc1)NC(=S)C2. The van der Waals surface area contributed by atoms with Crippen molar-refractivity contribution in [2.75, 3.05) is 5.32 Å². The first kappa shape index (κ1) is 13.9. The van der Waals surface area contributed by atoms with Crippen LogP contribution in [0.2, 0.25) is 0 Å². The van der Waals surface area contributed by atoms with E-state index in [9.17, 15) is 4.39 Å². The van der Waals surface area contributed by atoms with Crippen LogP contribution in [0.25, 0.3) is 22.4 Å². The summed E-state index contributed by atoms with van der Waals surface area (Å²) >= 11 is 5.22. The van der Waals surface area contributed by atoms with E-state index in [0.717, 1.165) is 21.9 Å². The lowest BCUT2D eigenvalue weighted by molar-refractivity contribution is 0.625. The van der Waals surface area contributed by atoms with Crippen molar-refractivity contribution in [1.82, 2.24) is 15.0 Å². The summed E-state index contributed by atoms with van der Waals surface area (Å²) in [5.74, 6) is 0.347. The van der Waals surface area contributed by atoms with Gasteiger partial charge in [0.1, 0.15) is 11.6 Å². The lowest BCUT2D eigenvalue weighted by Gasteiger charge is -2.12. The smallest absolute Gasteiger partial charge is 0.149 e. The minimum absolute atomic E-state index is 0.382.